The van der Waals surface area contributed by atoms with E-state index in [2.05, 4.69) is 16.0 Å². The molecular formula is C54H54F2N6O21S. The maximum absolute atomic E-state index is 14.8. The summed E-state index contributed by atoms with van der Waals surface area (Å²) in [6.07, 6.45) is -2.11. The van der Waals surface area contributed by atoms with Gasteiger partial charge in [-0.1, -0.05) is 36.4 Å². The third kappa shape index (κ3) is 17.1. The van der Waals surface area contributed by atoms with Crippen LogP contribution in [-0.4, -0.2) is 162 Å². The second-order valence-corrected chi connectivity index (χ2v) is 19.4. The van der Waals surface area contributed by atoms with Crippen LogP contribution in [-0.2, 0) is 49.5 Å². The van der Waals surface area contributed by atoms with Crippen molar-refractivity contribution in [1.29, 1.82) is 0 Å². The fourth-order valence-electron chi connectivity index (χ4n) is 8.28. The molecule has 0 saturated carbocycles. The Morgan fingerprint density at radius 1 is 0.643 bits per heavy atom. The van der Waals surface area contributed by atoms with Crippen LogP contribution in [0.3, 0.4) is 0 Å². The van der Waals surface area contributed by atoms with Crippen LogP contribution in [0.1, 0.15) is 48.0 Å². The van der Waals surface area contributed by atoms with E-state index in [-0.39, 0.29) is 103 Å². The number of hydrogen-bond donors (Lipinski definition) is 13. The smallest absolute Gasteiger partial charge is 0.336 e. The zero-order valence-electron chi connectivity index (χ0n) is 43.8. The van der Waals surface area contributed by atoms with E-state index in [9.17, 15) is 92.5 Å². The molecule has 0 unspecified atom stereocenters. The fourth-order valence-corrected chi connectivity index (χ4v) is 9.26. The number of fused-ring (bicyclic) bond motifs is 2. The van der Waals surface area contributed by atoms with Gasteiger partial charge in [0.15, 0.2) is 23.3 Å². The average molecular weight is 1190 g/mol. The molecule has 27 nitrogen and oxygen atoms in total. The van der Waals surface area contributed by atoms with Crippen molar-refractivity contribution in [3.8, 4) is 45.6 Å². The monoisotopic (exact) mass is 1190 g/mol. The summed E-state index contributed by atoms with van der Waals surface area (Å²) in [5.41, 5.74) is -1.78. The molecule has 3 aromatic carbocycles. The first kappa shape index (κ1) is 63.4. The Morgan fingerprint density at radius 3 is 1.94 bits per heavy atom. The Balaban J connectivity index is 1.00. The number of carbonyl (C=O) groups is 9. The summed E-state index contributed by atoms with van der Waals surface area (Å²) in [5.74, 6) is -14.9. The van der Waals surface area contributed by atoms with Crippen LogP contribution in [0.15, 0.2) is 93.0 Å². The number of urea groups is 1. The molecule has 30 heteroatoms. The van der Waals surface area contributed by atoms with E-state index < -0.39 is 136 Å². The van der Waals surface area contributed by atoms with Gasteiger partial charge in [-0.05, 0) is 48.2 Å². The molecule has 4 aromatic rings. The van der Waals surface area contributed by atoms with Gasteiger partial charge in [0.1, 0.15) is 35.5 Å². The number of nitrogens with one attached hydrogen (secondary N) is 5. The second kappa shape index (κ2) is 29.3. The number of carboxylic acid groups (broad SMARTS) is 5. The van der Waals surface area contributed by atoms with Crippen molar-refractivity contribution in [3.05, 3.63) is 112 Å². The maximum atomic E-state index is 14.8. The summed E-state index contributed by atoms with van der Waals surface area (Å²) in [6.45, 7) is -0.185. The number of nitrogens with zero attached hydrogens (tertiary/aromatic N) is 1. The van der Waals surface area contributed by atoms with Crippen LogP contribution in [0.4, 0.5) is 13.6 Å². The van der Waals surface area contributed by atoms with E-state index in [4.69, 9.17) is 19.0 Å². The lowest BCUT2D eigenvalue weighted by molar-refractivity contribution is -0.142. The van der Waals surface area contributed by atoms with Crippen molar-refractivity contribution in [1.82, 2.24) is 31.2 Å². The van der Waals surface area contributed by atoms with Crippen molar-refractivity contribution >= 4 is 76.3 Å². The fraction of sp³-hybridized carbons (Fsp3) is 0.296. The number of aliphatic carboxylic acids is 4. The maximum Gasteiger partial charge on any atom is 0.336 e. The molecule has 1 aliphatic carbocycles. The van der Waals surface area contributed by atoms with Crippen LogP contribution in [0, 0.1) is 11.6 Å². The molecule has 4 atom stereocenters. The number of amides is 5. The Morgan fingerprint density at radius 2 is 1.30 bits per heavy atom. The van der Waals surface area contributed by atoms with E-state index in [0.29, 0.717) is 17.3 Å². The number of aromatic hydroxyl groups is 3. The van der Waals surface area contributed by atoms with E-state index in [1.54, 1.807) is 30.3 Å². The molecule has 0 radical (unpaired) electrons. The molecule has 2 heterocycles. The predicted molar refractivity (Wildman–Crippen MR) is 288 cm³/mol. The first-order valence-electron chi connectivity index (χ1n) is 25.2. The van der Waals surface area contributed by atoms with Gasteiger partial charge >= 0.3 is 35.9 Å². The molecule has 1 aromatic heterocycles. The minimum atomic E-state index is -1.66. The van der Waals surface area contributed by atoms with Gasteiger partial charge in [-0.2, -0.15) is 0 Å². The van der Waals surface area contributed by atoms with Gasteiger partial charge in [0.25, 0.3) is 0 Å². The van der Waals surface area contributed by atoms with Gasteiger partial charge < -0.3 is 81.3 Å². The quantitative estimate of drug-likeness (QED) is 0.0169. The molecule has 2 aliphatic rings. The van der Waals surface area contributed by atoms with Gasteiger partial charge in [0.05, 0.1) is 42.6 Å². The Bertz CT molecular complexity index is 3490. The SMILES string of the molecule is O=C(O)CC[C@H](NC(=O)N[C@@H](CCC(=O)NCCOCCOCCC(=O)N[C@@H](Cc1ccccc1)C(=O)N[C@@H](CSc1cc(O)n(-c2ccc(-c3c4cc(F)c(=O)cc-4oc4cc(O)c(F)cc34)c(C(=O)O)c2)c1O)C(=O)O)C(=O)O)C(=O)O. The first-order valence-corrected chi connectivity index (χ1v) is 26.2. The van der Waals surface area contributed by atoms with Crippen molar-refractivity contribution in [3.63, 3.8) is 0 Å². The highest BCUT2D eigenvalue weighted by Crippen LogP contribution is 2.44. The normalized spacial score (nSPS) is 12.6. The van der Waals surface area contributed by atoms with Gasteiger partial charge in [-0.25, -0.2) is 32.8 Å². The standard InChI is InChI=1S/C54H54F2N6O21S/c55-32-20-30-40(22-38(32)63)83-41-23-39(64)33(56)21-31(41)47(30)28-7-6-27(19-29(28)50(72)73)62-45(67)24-42(49(62)71)84-25-37(53(78)79)59-48(70)36(18-26-4-2-1-3-5-26)58-44(66)12-14-81-16-17-82-15-13-57-43(65)10-8-34(51(74)75)60-54(80)61-35(52(76)77)9-11-46(68)69/h1-7,19-24,34-37,63,67,71H,8-18,25H2,(H,57,65)(H,58,66)(H,59,70)(H,68,69)(H,72,73)(H,74,75)(H,76,77)(H,78,79)(H2,60,61,80)/t34-,35-,36-,37-/m0/s1. The average Bonchev–Trinajstić information content (AvgIpc) is 2.13. The number of benzene rings is 4. The molecule has 6 rings (SSSR count). The number of halogens is 2. The molecule has 0 bridgehead atoms. The lowest BCUT2D eigenvalue weighted by Crippen LogP contribution is -2.53. The topological polar surface area (TPSA) is 429 Å². The Kier molecular flexibility index (Phi) is 22.1. The minimum absolute atomic E-state index is 0.00599. The number of hydrogen-bond acceptors (Lipinski definition) is 17. The van der Waals surface area contributed by atoms with E-state index in [1.165, 1.54) is 12.1 Å². The number of aromatic nitrogens is 1. The van der Waals surface area contributed by atoms with E-state index in [0.717, 1.165) is 41.0 Å². The number of ether oxygens (including phenoxy) is 2. The minimum Gasteiger partial charge on any atom is -0.505 e. The summed E-state index contributed by atoms with van der Waals surface area (Å²) in [5, 5.41) is 91.9. The summed E-state index contributed by atoms with van der Waals surface area (Å²) < 4.78 is 46.9. The summed E-state index contributed by atoms with van der Waals surface area (Å²) >= 11 is 0.676. The summed E-state index contributed by atoms with van der Waals surface area (Å²) in [6, 6.07) is 8.85. The van der Waals surface area contributed by atoms with Crippen LogP contribution >= 0.6 is 11.8 Å². The van der Waals surface area contributed by atoms with Gasteiger partial charge in [0, 0.05) is 72.7 Å². The van der Waals surface area contributed by atoms with E-state index in [1.807, 2.05) is 10.6 Å². The first-order chi connectivity index (χ1) is 39.9. The van der Waals surface area contributed by atoms with Crippen LogP contribution < -0.4 is 32.0 Å². The highest BCUT2D eigenvalue weighted by atomic mass is 32.2. The number of phenols is 1. The van der Waals surface area contributed by atoms with Crippen molar-refractivity contribution in [2.45, 2.75) is 67.6 Å². The van der Waals surface area contributed by atoms with Gasteiger partial charge in [-0.3, -0.25) is 28.5 Å². The van der Waals surface area contributed by atoms with E-state index >= 15 is 0 Å². The second-order valence-electron chi connectivity index (χ2n) is 18.3. The number of carbonyl (C=O) groups excluding carboxylic acids is 4. The molecule has 5 amide bonds. The van der Waals surface area contributed by atoms with Gasteiger partial charge in [0.2, 0.25) is 29.0 Å². The highest BCUT2D eigenvalue weighted by Gasteiger charge is 2.31. The number of aromatic carboxylic acids is 1. The summed E-state index contributed by atoms with van der Waals surface area (Å²) in [7, 11) is 0. The number of rotatable bonds is 31. The lowest BCUT2D eigenvalue weighted by atomic mass is 9.90. The Hall–Kier alpha value is -9.81. The third-order valence-corrected chi connectivity index (χ3v) is 13.5. The van der Waals surface area contributed by atoms with Crippen molar-refractivity contribution in [2.24, 2.45) is 0 Å². The molecule has 84 heavy (non-hydrogen) atoms. The molecule has 0 fully saturated rings. The number of phenolic OH excluding ortho intramolecular Hbond substituents is 1. The van der Waals surface area contributed by atoms with Crippen LogP contribution in [0.25, 0.3) is 39.1 Å². The van der Waals surface area contributed by atoms with Crippen LogP contribution in [0.5, 0.6) is 17.5 Å². The highest BCUT2D eigenvalue weighted by molar-refractivity contribution is 7.99. The van der Waals surface area contributed by atoms with Crippen molar-refractivity contribution in [2.75, 3.05) is 38.7 Å². The third-order valence-electron chi connectivity index (χ3n) is 12.4. The van der Waals surface area contributed by atoms with Crippen LogP contribution in [0.2, 0.25) is 0 Å². The molecule has 1 aliphatic heterocycles. The number of thioether (sulfide) groups is 1. The van der Waals surface area contributed by atoms with Gasteiger partial charge in [-0.15, -0.1) is 11.8 Å². The van der Waals surface area contributed by atoms with Crippen molar-refractivity contribution < 1.29 is 107 Å². The molecule has 0 saturated heterocycles. The zero-order valence-corrected chi connectivity index (χ0v) is 44.6. The molecule has 13 N–H and O–H groups in total. The molecule has 446 valence electrons. The zero-order chi connectivity index (χ0) is 61.4. The molecule has 0 spiro atoms. The summed E-state index contributed by atoms with van der Waals surface area (Å²) in [4.78, 5) is 123. The Labute approximate surface area is 476 Å². The predicted octanol–water partition coefficient (Wildman–Crippen LogP) is 3.23. The largest absolute Gasteiger partial charge is 0.505 e. The lowest BCUT2D eigenvalue weighted by Gasteiger charge is -2.21. The number of carboxylic acids is 5. The molecular weight excluding hydrogens is 1140 g/mol.